The SMILES string of the molecule is CCN[C@H](C)CNC(=O)c1ccccc1OCc1ccc(F)cc1.Cl. The van der Waals surface area contributed by atoms with E-state index in [2.05, 4.69) is 10.6 Å². The fourth-order valence-corrected chi connectivity index (χ4v) is 2.28. The van der Waals surface area contributed by atoms with Crippen LogP contribution in [0.2, 0.25) is 0 Å². The Kier molecular flexibility index (Phi) is 8.95. The fraction of sp³-hybridized carbons (Fsp3) is 0.316. The van der Waals surface area contributed by atoms with E-state index in [1.165, 1.54) is 12.1 Å². The summed E-state index contributed by atoms with van der Waals surface area (Å²) in [5.41, 5.74) is 1.33. The van der Waals surface area contributed by atoms with E-state index in [0.717, 1.165) is 12.1 Å². The molecular weight excluding hydrogens is 343 g/mol. The van der Waals surface area contributed by atoms with Crippen LogP contribution in [0.3, 0.4) is 0 Å². The lowest BCUT2D eigenvalue weighted by atomic mass is 10.1. The molecule has 25 heavy (non-hydrogen) atoms. The number of nitrogens with one attached hydrogen (secondary N) is 2. The Bertz CT molecular complexity index is 665. The summed E-state index contributed by atoms with van der Waals surface area (Å²) in [6.45, 7) is 5.71. The largest absolute Gasteiger partial charge is 0.488 e. The first-order valence-corrected chi connectivity index (χ1v) is 8.08. The zero-order valence-electron chi connectivity index (χ0n) is 14.4. The molecule has 0 aliphatic rings. The summed E-state index contributed by atoms with van der Waals surface area (Å²) in [5, 5.41) is 6.14. The van der Waals surface area contributed by atoms with Gasteiger partial charge in [-0.1, -0.05) is 31.2 Å². The second-order valence-corrected chi connectivity index (χ2v) is 5.58. The van der Waals surface area contributed by atoms with Gasteiger partial charge in [0.2, 0.25) is 0 Å². The smallest absolute Gasteiger partial charge is 0.255 e. The van der Waals surface area contributed by atoms with E-state index >= 15 is 0 Å². The highest BCUT2D eigenvalue weighted by molar-refractivity contribution is 5.96. The Hall–Kier alpha value is -2.11. The molecule has 136 valence electrons. The van der Waals surface area contributed by atoms with Gasteiger partial charge in [-0.3, -0.25) is 4.79 Å². The molecule has 0 heterocycles. The Labute approximate surface area is 154 Å². The van der Waals surface area contributed by atoms with E-state index < -0.39 is 0 Å². The fourth-order valence-electron chi connectivity index (χ4n) is 2.28. The summed E-state index contributed by atoms with van der Waals surface area (Å²) in [5.74, 6) is 0.0539. The van der Waals surface area contributed by atoms with Gasteiger partial charge in [0.05, 0.1) is 5.56 Å². The minimum Gasteiger partial charge on any atom is -0.488 e. The lowest BCUT2D eigenvalue weighted by molar-refractivity contribution is 0.0945. The Morgan fingerprint density at radius 3 is 2.52 bits per heavy atom. The summed E-state index contributed by atoms with van der Waals surface area (Å²) in [7, 11) is 0. The summed E-state index contributed by atoms with van der Waals surface area (Å²) in [4.78, 5) is 12.4. The molecule has 0 fully saturated rings. The molecule has 0 spiro atoms. The van der Waals surface area contributed by atoms with Crippen LogP contribution in [0.25, 0.3) is 0 Å². The molecule has 0 saturated heterocycles. The second kappa shape index (κ2) is 10.7. The molecule has 2 aromatic carbocycles. The molecular formula is C19H24ClFN2O2. The van der Waals surface area contributed by atoms with Crippen molar-refractivity contribution in [2.45, 2.75) is 26.5 Å². The number of hydrogen-bond acceptors (Lipinski definition) is 3. The van der Waals surface area contributed by atoms with Gasteiger partial charge in [-0.05, 0) is 43.3 Å². The number of halogens is 2. The van der Waals surface area contributed by atoms with Crippen LogP contribution >= 0.6 is 12.4 Å². The highest BCUT2D eigenvalue weighted by atomic mass is 35.5. The van der Waals surface area contributed by atoms with Crippen LogP contribution in [0, 0.1) is 5.82 Å². The quantitative estimate of drug-likeness (QED) is 0.751. The van der Waals surface area contributed by atoms with Crippen molar-refractivity contribution < 1.29 is 13.9 Å². The Morgan fingerprint density at radius 2 is 1.84 bits per heavy atom. The first-order chi connectivity index (χ1) is 11.6. The lowest BCUT2D eigenvalue weighted by Crippen LogP contribution is -2.38. The highest BCUT2D eigenvalue weighted by Crippen LogP contribution is 2.19. The van der Waals surface area contributed by atoms with E-state index in [-0.39, 0.29) is 36.8 Å². The predicted octanol–water partition coefficient (Wildman–Crippen LogP) is 3.55. The van der Waals surface area contributed by atoms with Gasteiger partial charge in [0.25, 0.3) is 5.91 Å². The number of para-hydroxylation sites is 1. The van der Waals surface area contributed by atoms with E-state index in [0.29, 0.717) is 17.9 Å². The van der Waals surface area contributed by atoms with Crippen molar-refractivity contribution in [3.8, 4) is 5.75 Å². The molecule has 0 aliphatic carbocycles. The molecule has 2 N–H and O–H groups in total. The van der Waals surface area contributed by atoms with E-state index in [4.69, 9.17) is 4.74 Å². The first-order valence-electron chi connectivity index (χ1n) is 8.08. The molecule has 1 amide bonds. The third kappa shape index (κ3) is 6.72. The number of rotatable bonds is 8. The van der Waals surface area contributed by atoms with Crippen molar-refractivity contribution in [2.24, 2.45) is 0 Å². The summed E-state index contributed by atoms with van der Waals surface area (Å²) in [6, 6.07) is 13.4. The topological polar surface area (TPSA) is 50.4 Å². The van der Waals surface area contributed by atoms with Gasteiger partial charge in [0.1, 0.15) is 18.2 Å². The van der Waals surface area contributed by atoms with Crippen LogP contribution in [0.15, 0.2) is 48.5 Å². The van der Waals surface area contributed by atoms with Gasteiger partial charge in [0, 0.05) is 12.6 Å². The van der Waals surface area contributed by atoms with Crippen molar-refractivity contribution in [3.63, 3.8) is 0 Å². The number of likely N-dealkylation sites (N-methyl/N-ethyl adjacent to an activating group) is 1. The highest BCUT2D eigenvalue weighted by Gasteiger charge is 2.13. The molecule has 2 aromatic rings. The van der Waals surface area contributed by atoms with Crippen molar-refractivity contribution in [1.82, 2.24) is 10.6 Å². The number of ether oxygens (including phenoxy) is 1. The molecule has 0 bridgehead atoms. The number of amides is 1. The van der Waals surface area contributed by atoms with Gasteiger partial charge in [-0.2, -0.15) is 0 Å². The van der Waals surface area contributed by atoms with E-state index in [1.54, 1.807) is 30.3 Å². The molecule has 2 rings (SSSR count). The Balaban J connectivity index is 0.00000312. The van der Waals surface area contributed by atoms with Gasteiger partial charge in [0.15, 0.2) is 0 Å². The molecule has 4 nitrogen and oxygen atoms in total. The van der Waals surface area contributed by atoms with Gasteiger partial charge in [-0.25, -0.2) is 4.39 Å². The van der Waals surface area contributed by atoms with Crippen molar-refractivity contribution >= 4 is 18.3 Å². The van der Waals surface area contributed by atoms with Crippen LogP contribution in [0.5, 0.6) is 5.75 Å². The summed E-state index contributed by atoms with van der Waals surface area (Å²) in [6.07, 6.45) is 0. The van der Waals surface area contributed by atoms with Crippen LogP contribution in [0.4, 0.5) is 4.39 Å². The zero-order chi connectivity index (χ0) is 17.4. The van der Waals surface area contributed by atoms with Crippen LogP contribution in [-0.2, 0) is 6.61 Å². The lowest BCUT2D eigenvalue weighted by Gasteiger charge is -2.15. The third-order valence-electron chi connectivity index (χ3n) is 3.56. The number of benzene rings is 2. The molecule has 6 heteroatoms. The van der Waals surface area contributed by atoms with E-state index in [9.17, 15) is 9.18 Å². The average molecular weight is 367 g/mol. The first kappa shape index (κ1) is 20.9. The average Bonchev–Trinajstić information content (AvgIpc) is 2.60. The molecule has 0 radical (unpaired) electrons. The monoisotopic (exact) mass is 366 g/mol. The standard InChI is InChI=1S/C19H23FN2O2.ClH/c1-3-21-14(2)12-22-19(23)17-6-4-5-7-18(17)24-13-15-8-10-16(20)11-9-15;/h4-11,14,21H,3,12-13H2,1-2H3,(H,22,23);1H/t14-;/m1./s1. The third-order valence-corrected chi connectivity index (χ3v) is 3.56. The van der Waals surface area contributed by atoms with Crippen molar-refractivity contribution in [2.75, 3.05) is 13.1 Å². The Morgan fingerprint density at radius 1 is 1.16 bits per heavy atom. The minimum absolute atomic E-state index is 0. The zero-order valence-corrected chi connectivity index (χ0v) is 15.2. The normalized spacial score (nSPS) is 11.3. The predicted molar refractivity (Wildman–Crippen MR) is 99.9 cm³/mol. The maximum atomic E-state index is 12.9. The molecule has 1 atom stereocenters. The maximum absolute atomic E-state index is 12.9. The minimum atomic E-state index is -0.284. The van der Waals surface area contributed by atoms with Gasteiger partial charge >= 0.3 is 0 Å². The second-order valence-electron chi connectivity index (χ2n) is 5.58. The maximum Gasteiger partial charge on any atom is 0.255 e. The van der Waals surface area contributed by atoms with Gasteiger partial charge in [-0.15, -0.1) is 12.4 Å². The number of hydrogen-bond donors (Lipinski definition) is 2. The summed E-state index contributed by atoms with van der Waals surface area (Å²) < 4.78 is 18.7. The molecule has 0 unspecified atom stereocenters. The molecule has 0 aromatic heterocycles. The molecule has 0 aliphatic heterocycles. The van der Waals surface area contributed by atoms with Gasteiger partial charge < -0.3 is 15.4 Å². The summed E-state index contributed by atoms with van der Waals surface area (Å²) >= 11 is 0. The molecule has 0 saturated carbocycles. The van der Waals surface area contributed by atoms with Crippen LogP contribution in [-0.4, -0.2) is 25.0 Å². The van der Waals surface area contributed by atoms with Crippen molar-refractivity contribution in [3.05, 3.63) is 65.5 Å². The number of carbonyl (C=O) groups is 1. The van der Waals surface area contributed by atoms with Crippen LogP contribution in [0.1, 0.15) is 29.8 Å². The van der Waals surface area contributed by atoms with Crippen LogP contribution < -0.4 is 15.4 Å². The number of carbonyl (C=O) groups excluding carboxylic acids is 1. The van der Waals surface area contributed by atoms with Crippen molar-refractivity contribution in [1.29, 1.82) is 0 Å². The van der Waals surface area contributed by atoms with E-state index in [1.807, 2.05) is 19.9 Å².